The van der Waals surface area contributed by atoms with Crippen LogP contribution in [-0.4, -0.2) is 0 Å². The van der Waals surface area contributed by atoms with Gasteiger partial charge in [-0.15, -0.1) is 6.58 Å². The predicted molar refractivity (Wildman–Crippen MR) is 182 cm³/mol. The van der Waals surface area contributed by atoms with Crippen LogP contribution >= 0.6 is 0 Å². The Bertz CT molecular complexity index is 520. The summed E-state index contributed by atoms with van der Waals surface area (Å²) in [4.78, 5) is 0. The van der Waals surface area contributed by atoms with E-state index in [-0.39, 0.29) is 0 Å². The Balaban J connectivity index is 0.000000992. The van der Waals surface area contributed by atoms with Gasteiger partial charge in [0, 0.05) is 0 Å². The minimum atomic E-state index is 0.934. The van der Waals surface area contributed by atoms with Gasteiger partial charge in [0.2, 0.25) is 0 Å². The van der Waals surface area contributed by atoms with Crippen LogP contribution in [0.25, 0.3) is 0 Å². The molecule has 0 aromatic rings. The molecule has 0 aromatic heterocycles. The molecule has 0 saturated heterocycles. The van der Waals surface area contributed by atoms with Crippen molar-refractivity contribution >= 4 is 0 Å². The first-order valence-electron chi connectivity index (χ1n) is 18.1. The quantitative estimate of drug-likeness (QED) is 0.0753. The van der Waals surface area contributed by atoms with E-state index in [4.69, 9.17) is 0 Å². The van der Waals surface area contributed by atoms with E-state index in [0.717, 1.165) is 11.8 Å². The predicted octanol–water partition coefficient (Wildman–Crippen LogP) is 14.5. The van der Waals surface area contributed by atoms with Gasteiger partial charge in [-0.05, 0) is 76.0 Å². The average molecular weight is 543 g/mol. The minimum Gasteiger partial charge on any atom is -0.103 e. The van der Waals surface area contributed by atoms with Crippen LogP contribution in [0.4, 0.5) is 0 Å². The zero-order valence-electron chi connectivity index (χ0n) is 27.6. The van der Waals surface area contributed by atoms with Gasteiger partial charge in [0.15, 0.2) is 0 Å². The second-order valence-electron chi connectivity index (χ2n) is 12.8. The number of hydrogen-bond acceptors (Lipinski definition) is 0. The lowest BCUT2D eigenvalue weighted by atomic mass is 9.86. The Kier molecular flexibility index (Phi) is 31.1. The van der Waals surface area contributed by atoms with Crippen molar-refractivity contribution in [2.24, 2.45) is 11.8 Å². The van der Waals surface area contributed by atoms with E-state index in [1.54, 1.807) is 0 Å². The SMILES string of the molecule is C=C(CCCCCCCCCC/C=C\CCCCC)CCC(CC)CCC.C=CCCCCC1CCCCC1. The molecule has 0 nitrogen and oxygen atoms in total. The molecule has 1 rings (SSSR count). The van der Waals surface area contributed by atoms with Gasteiger partial charge in [-0.2, -0.15) is 0 Å². The van der Waals surface area contributed by atoms with Crippen LogP contribution < -0.4 is 0 Å². The molecule has 39 heavy (non-hydrogen) atoms. The van der Waals surface area contributed by atoms with Crippen molar-refractivity contribution < 1.29 is 0 Å². The highest BCUT2D eigenvalue weighted by Gasteiger charge is 2.12. The van der Waals surface area contributed by atoms with E-state index in [2.05, 4.69) is 46.1 Å². The van der Waals surface area contributed by atoms with Gasteiger partial charge in [-0.3, -0.25) is 0 Å². The van der Waals surface area contributed by atoms with Gasteiger partial charge in [0.1, 0.15) is 0 Å². The summed E-state index contributed by atoms with van der Waals surface area (Å²) in [5.41, 5.74) is 1.51. The summed E-state index contributed by atoms with van der Waals surface area (Å²) in [6, 6.07) is 0. The molecule has 1 fully saturated rings. The van der Waals surface area contributed by atoms with Crippen molar-refractivity contribution in [1.29, 1.82) is 0 Å². The topological polar surface area (TPSA) is 0 Å². The van der Waals surface area contributed by atoms with E-state index in [0.29, 0.717) is 0 Å². The molecule has 1 saturated carbocycles. The maximum atomic E-state index is 4.32. The molecule has 0 bridgehead atoms. The monoisotopic (exact) mass is 543 g/mol. The third-order valence-electron chi connectivity index (χ3n) is 8.97. The van der Waals surface area contributed by atoms with Crippen LogP contribution in [0, 0.1) is 11.8 Å². The molecule has 1 unspecified atom stereocenters. The highest BCUT2D eigenvalue weighted by molar-refractivity contribution is 4.94. The first-order chi connectivity index (χ1) is 19.2. The van der Waals surface area contributed by atoms with Crippen molar-refractivity contribution in [3.05, 3.63) is 37.0 Å². The average Bonchev–Trinajstić information content (AvgIpc) is 2.96. The molecule has 1 aliphatic carbocycles. The van der Waals surface area contributed by atoms with E-state index < -0.39 is 0 Å². The number of allylic oxidation sites excluding steroid dienone is 4. The molecule has 0 heteroatoms. The maximum Gasteiger partial charge on any atom is -0.0320 e. The van der Waals surface area contributed by atoms with Crippen LogP contribution in [-0.2, 0) is 0 Å². The summed E-state index contributed by atoms with van der Waals surface area (Å²) in [7, 11) is 0. The summed E-state index contributed by atoms with van der Waals surface area (Å²) in [5.74, 6) is 2.01. The molecule has 230 valence electrons. The Labute approximate surface area is 249 Å². The normalized spacial score (nSPS) is 14.7. The standard InChI is InChI=1S/C27H52.C12H22/c1-5-8-9-10-11-12-13-14-15-16-17-18-19-20-21-23-26(4)24-25-27(7-3)22-6-2;1-2-3-4-6-9-12-10-7-5-8-11-12/h11-12,27H,4-10,13-25H2,1-3H3;2,12H,1,3-11H2/b12-11-;. The Morgan fingerprint density at radius 3 is 1.82 bits per heavy atom. The largest absolute Gasteiger partial charge is 0.103 e. The van der Waals surface area contributed by atoms with Crippen LogP contribution in [0.1, 0.15) is 201 Å². The zero-order chi connectivity index (χ0) is 28.7. The van der Waals surface area contributed by atoms with Gasteiger partial charge >= 0.3 is 0 Å². The highest BCUT2D eigenvalue weighted by Crippen LogP contribution is 2.28. The molecular weight excluding hydrogens is 468 g/mol. The lowest BCUT2D eigenvalue weighted by Gasteiger charge is -2.20. The Morgan fingerprint density at radius 2 is 1.23 bits per heavy atom. The Morgan fingerprint density at radius 1 is 0.641 bits per heavy atom. The third kappa shape index (κ3) is 28.5. The smallest absolute Gasteiger partial charge is 0.0320 e. The van der Waals surface area contributed by atoms with Crippen molar-refractivity contribution in [1.82, 2.24) is 0 Å². The summed E-state index contributed by atoms with van der Waals surface area (Å²) in [5, 5.41) is 0. The molecule has 1 atom stereocenters. The maximum absolute atomic E-state index is 4.32. The van der Waals surface area contributed by atoms with E-state index >= 15 is 0 Å². The van der Waals surface area contributed by atoms with Gasteiger partial charge in [0.25, 0.3) is 0 Å². The minimum absolute atomic E-state index is 0.934. The van der Waals surface area contributed by atoms with E-state index in [1.807, 2.05) is 6.08 Å². The van der Waals surface area contributed by atoms with E-state index in [9.17, 15) is 0 Å². The first kappa shape index (κ1) is 38.2. The van der Waals surface area contributed by atoms with Crippen LogP contribution in [0.15, 0.2) is 37.0 Å². The molecule has 0 heterocycles. The van der Waals surface area contributed by atoms with Crippen LogP contribution in [0.3, 0.4) is 0 Å². The summed E-state index contributed by atoms with van der Waals surface area (Å²) in [6.45, 7) is 15.0. The summed E-state index contributed by atoms with van der Waals surface area (Å²) >= 11 is 0. The molecule has 0 spiro atoms. The zero-order valence-corrected chi connectivity index (χ0v) is 27.6. The fourth-order valence-electron chi connectivity index (χ4n) is 6.14. The molecular formula is C39H74. The van der Waals surface area contributed by atoms with Crippen LogP contribution in [0.5, 0.6) is 0 Å². The number of unbranched alkanes of at least 4 members (excludes halogenated alkanes) is 13. The second-order valence-corrected chi connectivity index (χ2v) is 12.8. The van der Waals surface area contributed by atoms with Gasteiger partial charge < -0.3 is 0 Å². The highest BCUT2D eigenvalue weighted by atomic mass is 14.2. The first-order valence-corrected chi connectivity index (χ1v) is 18.1. The lowest BCUT2D eigenvalue weighted by molar-refractivity contribution is 0.330. The fourth-order valence-corrected chi connectivity index (χ4v) is 6.14. The van der Waals surface area contributed by atoms with Gasteiger partial charge in [-0.25, -0.2) is 0 Å². The summed E-state index contributed by atoms with van der Waals surface area (Å²) in [6.07, 6.45) is 45.8. The number of hydrogen-bond donors (Lipinski definition) is 0. The number of rotatable bonds is 26. The molecule has 0 aromatic carbocycles. The molecule has 1 aliphatic rings. The van der Waals surface area contributed by atoms with Gasteiger partial charge in [-0.1, -0.05) is 167 Å². The van der Waals surface area contributed by atoms with Crippen molar-refractivity contribution in [2.75, 3.05) is 0 Å². The van der Waals surface area contributed by atoms with Crippen molar-refractivity contribution in [2.45, 2.75) is 201 Å². The van der Waals surface area contributed by atoms with Crippen molar-refractivity contribution in [3.8, 4) is 0 Å². The molecule has 0 N–H and O–H groups in total. The lowest BCUT2D eigenvalue weighted by Crippen LogP contribution is -2.05. The van der Waals surface area contributed by atoms with Crippen LogP contribution in [0.2, 0.25) is 0 Å². The molecule has 0 radical (unpaired) electrons. The van der Waals surface area contributed by atoms with Gasteiger partial charge in [0.05, 0.1) is 0 Å². The third-order valence-corrected chi connectivity index (χ3v) is 8.97. The second kappa shape index (κ2) is 31.7. The fraction of sp³-hybridized carbons (Fsp3) is 0.846. The Hall–Kier alpha value is -0.780. The molecule has 0 amide bonds. The summed E-state index contributed by atoms with van der Waals surface area (Å²) < 4.78 is 0. The van der Waals surface area contributed by atoms with E-state index in [1.165, 1.54) is 185 Å². The molecule has 0 aliphatic heterocycles. The van der Waals surface area contributed by atoms with Crippen molar-refractivity contribution in [3.63, 3.8) is 0 Å².